The lowest BCUT2D eigenvalue weighted by Gasteiger charge is -2.22. The van der Waals surface area contributed by atoms with Crippen molar-refractivity contribution in [2.75, 3.05) is 11.9 Å². The van der Waals surface area contributed by atoms with E-state index < -0.39 is 5.54 Å². The van der Waals surface area contributed by atoms with Crippen LogP contribution in [-0.2, 0) is 4.79 Å². The summed E-state index contributed by atoms with van der Waals surface area (Å²) in [6.45, 7) is 6.27. The minimum atomic E-state index is -0.863. The fourth-order valence-corrected chi connectivity index (χ4v) is 1.33. The molecule has 0 aliphatic carbocycles. The summed E-state index contributed by atoms with van der Waals surface area (Å²) in [5.41, 5.74) is 5.71. The normalized spacial score (nSPS) is 13.8. The Morgan fingerprint density at radius 2 is 2.06 bits per heavy atom. The second-order valence-electron chi connectivity index (χ2n) is 4.57. The SMILES string of the molecule is CCCOc1ccccc1NC(=O)C(C)(N)CC. The molecule has 0 fully saturated rings. The largest absolute Gasteiger partial charge is 0.491 e. The van der Waals surface area contributed by atoms with E-state index in [1.807, 2.05) is 38.1 Å². The first-order chi connectivity index (χ1) is 8.51. The van der Waals surface area contributed by atoms with Crippen LogP contribution in [-0.4, -0.2) is 18.1 Å². The van der Waals surface area contributed by atoms with Crippen molar-refractivity contribution in [3.63, 3.8) is 0 Å². The van der Waals surface area contributed by atoms with Crippen LogP contribution < -0.4 is 15.8 Å². The molecular formula is C14H22N2O2. The van der Waals surface area contributed by atoms with Crippen LogP contribution in [0.5, 0.6) is 5.75 Å². The van der Waals surface area contributed by atoms with Crippen LogP contribution in [0.2, 0.25) is 0 Å². The van der Waals surface area contributed by atoms with Gasteiger partial charge >= 0.3 is 0 Å². The summed E-state index contributed by atoms with van der Waals surface area (Å²) in [6, 6.07) is 7.38. The molecule has 100 valence electrons. The van der Waals surface area contributed by atoms with E-state index in [1.54, 1.807) is 6.92 Å². The number of ether oxygens (including phenoxy) is 1. The Morgan fingerprint density at radius 1 is 1.39 bits per heavy atom. The molecule has 4 nitrogen and oxygen atoms in total. The van der Waals surface area contributed by atoms with Gasteiger partial charge in [-0.15, -0.1) is 0 Å². The first-order valence-corrected chi connectivity index (χ1v) is 6.33. The molecule has 4 heteroatoms. The molecule has 1 aromatic rings. The molecule has 3 N–H and O–H groups in total. The number of amides is 1. The number of nitrogens with one attached hydrogen (secondary N) is 1. The molecule has 0 saturated carbocycles. The molecule has 0 aliphatic heterocycles. The molecule has 0 radical (unpaired) electrons. The van der Waals surface area contributed by atoms with Gasteiger partial charge in [-0.05, 0) is 31.9 Å². The Labute approximate surface area is 109 Å². The summed E-state index contributed by atoms with van der Waals surface area (Å²) in [4.78, 5) is 12.0. The maximum Gasteiger partial charge on any atom is 0.244 e. The van der Waals surface area contributed by atoms with Gasteiger partial charge in [0.1, 0.15) is 5.75 Å². The number of nitrogens with two attached hydrogens (primary N) is 1. The zero-order valence-electron chi connectivity index (χ0n) is 11.3. The Morgan fingerprint density at radius 3 is 2.67 bits per heavy atom. The van der Waals surface area contributed by atoms with E-state index in [0.717, 1.165) is 6.42 Å². The van der Waals surface area contributed by atoms with E-state index >= 15 is 0 Å². The van der Waals surface area contributed by atoms with E-state index in [9.17, 15) is 4.79 Å². The summed E-state index contributed by atoms with van der Waals surface area (Å²) in [5.74, 6) is 0.483. The fraction of sp³-hybridized carbons (Fsp3) is 0.500. The molecule has 0 spiro atoms. The first-order valence-electron chi connectivity index (χ1n) is 6.33. The number of para-hydroxylation sites is 2. The predicted molar refractivity (Wildman–Crippen MR) is 73.7 cm³/mol. The van der Waals surface area contributed by atoms with E-state index in [1.165, 1.54) is 0 Å². The first kappa shape index (κ1) is 14.5. The van der Waals surface area contributed by atoms with Crippen LogP contribution in [0.15, 0.2) is 24.3 Å². The molecule has 0 aliphatic rings. The van der Waals surface area contributed by atoms with E-state index in [2.05, 4.69) is 5.32 Å². The van der Waals surface area contributed by atoms with Crippen molar-refractivity contribution in [1.82, 2.24) is 0 Å². The highest BCUT2D eigenvalue weighted by Gasteiger charge is 2.26. The van der Waals surface area contributed by atoms with Crippen LogP contribution in [0.3, 0.4) is 0 Å². The van der Waals surface area contributed by atoms with Crippen molar-refractivity contribution in [2.24, 2.45) is 5.73 Å². The quantitative estimate of drug-likeness (QED) is 0.815. The maximum absolute atomic E-state index is 12.0. The standard InChI is InChI=1S/C14H22N2O2/c1-4-10-18-12-9-7-6-8-11(12)16-13(17)14(3,15)5-2/h6-9H,4-5,10,15H2,1-3H3,(H,16,17). The smallest absolute Gasteiger partial charge is 0.244 e. The molecule has 1 rings (SSSR count). The van der Waals surface area contributed by atoms with Gasteiger partial charge in [-0.2, -0.15) is 0 Å². The molecule has 1 amide bonds. The molecule has 18 heavy (non-hydrogen) atoms. The molecular weight excluding hydrogens is 228 g/mol. The van der Waals surface area contributed by atoms with Gasteiger partial charge in [-0.25, -0.2) is 0 Å². The molecule has 0 heterocycles. The third-order valence-corrected chi connectivity index (χ3v) is 2.85. The highest BCUT2D eigenvalue weighted by Crippen LogP contribution is 2.24. The average molecular weight is 250 g/mol. The molecule has 1 unspecified atom stereocenters. The average Bonchev–Trinajstić information content (AvgIpc) is 2.37. The number of carbonyl (C=O) groups excluding carboxylic acids is 1. The van der Waals surface area contributed by atoms with Crippen LogP contribution in [0, 0.1) is 0 Å². The number of carbonyl (C=O) groups is 1. The lowest BCUT2D eigenvalue weighted by Crippen LogP contribution is -2.47. The second-order valence-corrected chi connectivity index (χ2v) is 4.57. The Balaban J connectivity index is 2.81. The van der Waals surface area contributed by atoms with Gasteiger partial charge in [-0.1, -0.05) is 26.0 Å². The highest BCUT2D eigenvalue weighted by atomic mass is 16.5. The molecule has 1 aromatic carbocycles. The molecule has 0 saturated heterocycles. The van der Waals surface area contributed by atoms with Gasteiger partial charge < -0.3 is 15.8 Å². The Kier molecular flexibility index (Phi) is 5.16. The minimum absolute atomic E-state index is 0.197. The van der Waals surface area contributed by atoms with Crippen molar-refractivity contribution in [2.45, 2.75) is 39.2 Å². The number of hydrogen-bond donors (Lipinski definition) is 2. The number of benzene rings is 1. The summed E-state index contributed by atoms with van der Waals surface area (Å²) in [6.07, 6.45) is 1.50. The lowest BCUT2D eigenvalue weighted by molar-refractivity contribution is -0.120. The van der Waals surface area contributed by atoms with Crippen LogP contribution in [0.4, 0.5) is 5.69 Å². The summed E-state index contributed by atoms with van der Waals surface area (Å²) in [5, 5.41) is 2.82. The van der Waals surface area contributed by atoms with Crippen molar-refractivity contribution in [1.29, 1.82) is 0 Å². The summed E-state index contributed by atoms with van der Waals surface area (Å²) < 4.78 is 5.58. The third kappa shape index (κ3) is 3.74. The van der Waals surface area contributed by atoms with Crippen LogP contribution >= 0.6 is 0 Å². The zero-order chi connectivity index (χ0) is 13.6. The Hall–Kier alpha value is -1.55. The van der Waals surface area contributed by atoms with Crippen molar-refractivity contribution >= 4 is 11.6 Å². The van der Waals surface area contributed by atoms with Gasteiger partial charge in [0.25, 0.3) is 0 Å². The topological polar surface area (TPSA) is 64.3 Å². The van der Waals surface area contributed by atoms with E-state index in [0.29, 0.717) is 24.5 Å². The number of anilines is 1. The lowest BCUT2D eigenvalue weighted by atomic mass is 9.99. The highest BCUT2D eigenvalue weighted by molar-refractivity contribution is 5.98. The van der Waals surface area contributed by atoms with E-state index in [4.69, 9.17) is 10.5 Å². The Bertz CT molecular complexity index is 403. The number of hydrogen-bond acceptors (Lipinski definition) is 3. The molecule has 0 aromatic heterocycles. The number of rotatable bonds is 6. The van der Waals surface area contributed by atoms with Crippen LogP contribution in [0.1, 0.15) is 33.6 Å². The predicted octanol–water partition coefficient (Wildman–Crippen LogP) is 2.54. The fourth-order valence-electron chi connectivity index (χ4n) is 1.33. The van der Waals surface area contributed by atoms with Crippen molar-refractivity contribution in [3.05, 3.63) is 24.3 Å². The summed E-state index contributed by atoms with van der Waals surface area (Å²) >= 11 is 0. The van der Waals surface area contributed by atoms with Crippen molar-refractivity contribution < 1.29 is 9.53 Å². The minimum Gasteiger partial charge on any atom is -0.491 e. The van der Waals surface area contributed by atoms with Gasteiger partial charge in [-0.3, -0.25) is 4.79 Å². The molecule has 1 atom stereocenters. The molecule has 0 bridgehead atoms. The van der Waals surface area contributed by atoms with Crippen LogP contribution in [0.25, 0.3) is 0 Å². The van der Waals surface area contributed by atoms with Gasteiger partial charge in [0, 0.05) is 0 Å². The van der Waals surface area contributed by atoms with Gasteiger partial charge in [0.2, 0.25) is 5.91 Å². The van der Waals surface area contributed by atoms with Gasteiger partial charge in [0.15, 0.2) is 0 Å². The zero-order valence-corrected chi connectivity index (χ0v) is 11.3. The van der Waals surface area contributed by atoms with Gasteiger partial charge in [0.05, 0.1) is 17.8 Å². The van der Waals surface area contributed by atoms with Crippen molar-refractivity contribution in [3.8, 4) is 5.75 Å². The second kappa shape index (κ2) is 6.40. The summed E-state index contributed by atoms with van der Waals surface area (Å²) in [7, 11) is 0. The van der Waals surface area contributed by atoms with E-state index in [-0.39, 0.29) is 5.91 Å². The third-order valence-electron chi connectivity index (χ3n) is 2.85. The monoisotopic (exact) mass is 250 g/mol. The maximum atomic E-state index is 12.0.